The summed E-state index contributed by atoms with van der Waals surface area (Å²) in [5.41, 5.74) is 5.66. The average molecular weight is 381 g/mol. The molecule has 0 aromatic rings. The van der Waals surface area contributed by atoms with Crippen LogP contribution >= 0.6 is 0 Å². The summed E-state index contributed by atoms with van der Waals surface area (Å²) in [6.07, 6.45) is 21.2. The highest BCUT2D eigenvalue weighted by atomic mass is 16.1. The van der Waals surface area contributed by atoms with Crippen molar-refractivity contribution in [2.24, 2.45) is 11.7 Å². The number of unbranched alkanes of at least 4 members (excludes halogenated alkanes) is 10. The highest BCUT2D eigenvalue weighted by Crippen LogP contribution is 2.19. The molecule has 0 bridgehead atoms. The predicted molar refractivity (Wildman–Crippen MR) is 120 cm³/mol. The van der Waals surface area contributed by atoms with E-state index in [9.17, 15) is 4.79 Å². The van der Waals surface area contributed by atoms with Gasteiger partial charge in [0.2, 0.25) is 5.91 Å². The van der Waals surface area contributed by atoms with E-state index in [0.717, 1.165) is 25.9 Å². The normalized spacial score (nSPS) is 14.1. The minimum absolute atomic E-state index is 0.0119. The number of primary amides is 1. The summed E-state index contributed by atoms with van der Waals surface area (Å²) in [6, 6.07) is 0.252. The molecule has 1 amide bonds. The van der Waals surface area contributed by atoms with Crippen molar-refractivity contribution < 1.29 is 4.79 Å². The van der Waals surface area contributed by atoms with Gasteiger partial charge in [0.05, 0.1) is 5.92 Å². The second kappa shape index (κ2) is 18.5. The lowest BCUT2D eigenvalue weighted by Crippen LogP contribution is -2.43. The summed E-state index contributed by atoms with van der Waals surface area (Å²) < 4.78 is 0. The predicted octanol–water partition coefficient (Wildman–Crippen LogP) is 6.47. The summed E-state index contributed by atoms with van der Waals surface area (Å²) in [7, 11) is 0. The van der Waals surface area contributed by atoms with Gasteiger partial charge in [-0.1, -0.05) is 84.3 Å². The number of hydrogen-bond donors (Lipinski definition) is 1. The molecule has 27 heavy (non-hydrogen) atoms. The van der Waals surface area contributed by atoms with E-state index in [-0.39, 0.29) is 17.9 Å². The van der Waals surface area contributed by atoms with E-state index in [1.54, 1.807) is 0 Å². The SMILES string of the molecule is CCCCCCCCC=CCCCCCCC(C(N)=O)C(C)N(CC)CC. The van der Waals surface area contributed by atoms with Crippen molar-refractivity contribution in [1.29, 1.82) is 0 Å². The molecule has 2 unspecified atom stereocenters. The first-order chi connectivity index (χ1) is 13.1. The van der Waals surface area contributed by atoms with Crippen molar-refractivity contribution in [3.63, 3.8) is 0 Å². The lowest BCUT2D eigenvalue weighted by Gasteiger charge is -2.31. The molecule has 3 nitrogen and oxygen atoms in total. The van der Waals surface area contributed by atoms with Crippen molar-refractivity contribution in [3.05, 3.63) is 12.2 Å². The molecule has 0 fully saturated rings. The van der Waals surface area contributed by atoms with E-state index in [1.165, 1.54) is 70.6 Å². The van der Waals surface area contributed by atoms with Gasteiger partial charge in [-0.3, -0.25) is 4.79 Å². The van der Waals surface area contributed by atoms with Crippen LogP contribution in [0.5, 0.6) is 0 Å². The van der Waals surface area contributed by atoms with Crippen molar-refractivity contribution >= 4 is 5.91 Å². The summed E-state index contributed by atoms with van der Waals surface area (Å²) in [4.78, 5) is 14.2. The number of nitrogens with zero attached hydrogens (tertiary/aromatic N) is 1. The van der Waals surface area contributed by atoms with Crippen molar-refractivity contribution in [1.82, 2.24) is 4.90 Å². The monoisotopic (exact) mass is 380 g/mol. The van der Waals surface area contributed by atoms with Gasteiger partial charge in [0.1, 0.15) is 0 Å². The van der Waals surface area contributed by atoms with E-state index < -0.39 is 0 Å². The Morgan fingerprint density at radius 1 is 0.815 bits per heavy atom. The topological polar surface area (TPSA) is 46.3 Å². The van der Waals surface area contributed by atoms with Crippen molar-refractivity contribution in [2.45, 2.75) is 117 Å². The van der Waals surface area contributed by atoms with Crippen LogP contribution in [0.3, 0.4) is 0 Å². The Bertz CT molecular complexity index is 363. The van der Waals surface area contributed by atoms with Gasteiger partial charge in [0.15, 0.2) is 0 Å². The Morgan fingerprint density at radius 3 is 1.78 bits per heavy atom. The standard InChI is InChI=1S/C24H48N2O/c1-5-8-9-10-11-12-13-14-15-16-17-18-19-20-21-23(24(25)27)22(4)26(6-2)7-3/h14-15,22-23H,5-13,16-21H2,1-4H3,(H2,25,27). The number of hydrogen-bond acceptors (Lipinski definition) is 2. The Balaban J connectivity index is 3.70. The van der Waals surface area contributed by atoms with Crippen LogP contribution in [0.2, 0.25) is 0 Å². The Morgan fingerprint density at radius 2 is 1.30 bits per heavy atom. The summed E-state index contributed by atoms with van der Waals surface area (Å²) in [5, 5.41) is 0. The van der Waals surface area contributed by atoms with E-state index >= 15 is 0 Å². The smallest absolute Gasteiger partial charge is 0.222 e. The van der Waals surface area contributed by atoms with Gasteiger partial charge in [-0.25, -0.2) is 0 Å². The number of carbonyl (C=O) groups is 1. The lowest BCUT2D eigenvalue weighted by molar-refractivity contribution is -0.124. The molecule has 0 aliphatic rings. The molecule has 0 heterocycles. The van der Waals surface area contributed by atoms with Gasteiger partial charge in [-0.2, -0.15) is 0 Å². The molecule has 160 valence electrons. The summed E-state index contributed by atoms with van der Waals surface area (Å²) in [5.74, 6) is -0.144. The first-order valence-electron chi connectivity index (χ1n) is 11.8. The second-order valence-corrected chi connectivity index (χ2v) is 7.99. The minimum Gasteiger partial charge on any atom is -0.369 e. The molecule has 0 spiro atoms. The van der Waals surface area contributed by atoms with Crippen LogP contribution in [0.1, 0.15) is 111 Å². The van der Waals surface area contributed by atoms with Crippen LogP contribution in [0, 0.1) is 5.92 Å². The van der Waals surface area contributed by atoms with Crippen LogP contribution in [-0.2, 0) is 4.79 Å². The van der Waals surface area contributed by atoms with Crippen LogP contribution in [0.15, 0.2) is 12.2 Å². The van der Waals surface area contributed by atoms with E-state index in [1.807, 2.05) is 0 Å². The number of allylic oxidation sites excluding steroid dienone is 2. The van der Waals surface area contributed by atoms with E-state index in [0.29, 0.717) is 0 Å². The fourth-order valence-corrected chi connectivity index (χ4v) is 3.93. The highest BCUT2D eigenvalue weighted by molar-refractivity contribution is 5.77. The van der Waals surface area contributed by atoms with Gasteiger partial charge in [-0.05, 0) is 52.1 Å². The van der Waals surface area contributed by atoms with Crippen LogP contribution in [0.4, 0.5) is 0 Å². The third kappa shape index (κ3) is 13.9. The fourth-order valence-electron chi connectivity index (χ4n) is 3.93. The number of amides is 1. The highest BCUT2D eigenvalue weighted by Gasteiger charge is 2.25. The maximum atomic E-state index is 11.8. The van der Waals surface area contributed by atoms with Crippen molar-refractivity contribution in [2.75, 3.05) is 13.1 Å². The van der Waals surface area contributed by atoms with Gasteiger partial charge in [0, 0.05) is 6.04 Å². The maximum Gasteiger partial charge on any atom is 0.222 e. The zero-order chi connectivity index (χ0) is 20.3. The summed E-state index contributed by atoms with van der Waals surface area (Å²) in [6.45, 7) is 10.7. The lowest BCUT2D eigenvalue weighted by atomic mass is 9.92. The van der Waals surface area contributed by atoms with Crippen LogP contribution < -0.4 is 5.73 Å². The molecule has 0 saturated heterocycles. The molecule has 3 heteroatoms. The average Bonchev–Trinajstić information content (AvgIpc) is 2.65. The van der Waals surface area contributed by atoms with Crippen LogP contribution in [-0.4, -0.2) is 29.9 Å². The van der Waals surface area contributed by atoms with Crippen molar-refractivity contribution in [3.8, 4) is 0 Å². The Hall–Kier alpha value is -0.830. The first-order valence-corrected chi connectivity index (χ1v) is 11.8. The number of nitrogens with two attached hydrogens (primary N) is 1. The fraction of sp³-hybridized carbons (Fsp3) is 0.875. The van der Waals surface area contributed by atoms with Gasteiger partial charge < -0.3 is 10.6 Å². The zero-order valence-corrected chi connectivity index (χ0v) is 18.8. The third-order valence-electron chi connectivity index (χ3n) is 5.86. The maximum absolute atomic E-state index is 11.8. The minimum atomic E-state index is -0.132. The summed E-state index contributed by atoms with van der Waals surface area (Å²) >= 11 is 0. The molecule has 2 N–H and O–H groups in total. The van der Waals surface area contributed by atoms with E-state index in [2.05, 4.69) is 44.7 Å². The molecule has 0 rings (SSSR count). The molecule has 0 aliphatic heterocycles. The molecule has 0 aromatic carbocycles. The zero-order valence-electron chi connectivity index (χ0n) is 18.8. The molecule has 2 atom stereocenters. The molecular weight excluding hydrogens is 332 g/mol. The van der Waals surface area contributed by atoms with E-state index in [4.69, 9.17) is 5.73 Å². The van der Waals surface area contributed by atoms with Gasteiger partial charge in [-0.15, -0.1) is 0 Å². The third-order valence-corrected chi connectivity index (χ3v) is 5.86. The second-order valence-electron chi connectivity index (χ2n) is 7.99. The Labute approximate surface area is 170 Å². The quantitative estimate of drug-likeness (QED) is 0.206. The number of rotatable bonds is 19. The largest absolute Gasteiger partial charge is 0.369 e. The molecule has 0 saturated carbocycles. The molecular formula is C24H48N2O. The van der Waals surface area contributed by atoms with Gasteiger partial charge in [0.25, 0.3) is 0 Å². The molecule has 0 aliphatic carbocycles. The first kappa shape index (κ1) is 26.2. The van der Waals surface area contributed by atoms with Gasteiger partial charge >= 0.3 is 0 Å². The Kier molecular flexibility index (Phi) is 18.0. The number of carbonyl (C=O) groups excluding carboxylic acids is 1. The molecule has 0 radical (unpaired) electrons. The molecule has 0 aromatic heterocycles. The van der Waals surface area contributed by atoms with Crippen LogP contribution in [0.25, 0.3) is 0 Å².